The molecule has 0 atom stereocenters. The second-order valence-electron chi connectivity index (χ2n) is 5.92. The van der Waals surface area contributed by atoms with Crippen molar-refractivity contribution in [1.82, 2.24) is 4.90 Å². The zero-order chi connectivity index (χ0) is 16.3. The SMILES string of the molecule is CC(C)(CNc1ccc(F)cc1[N+](=O)[O-])N1CCS(=O)CC1. The Hall–Kier alpha value is -1.54. The second-order valence-corrected chi connectivity index (χ2v) is 7.62. The molecule has 2 rings (SSSR count). The van der Waals surface area contributed by atoms with Gasteiger partial charge in [0.05, 0.1) is 11.0 Å². The number of nitrogens with one attached hydrogen (secondary N) is 1. The number of hydrogen-bond acceptors (Lipinski definition) is 5. The molecule has 1 aromatic rings. The van der Waals surface area contributed by atoms with Gasteiger partial charge in [0.1, 0.15) is 11.5 Å². The Morgan fingerprint density at radius 2 is 2.05 bits per heavy atom. The third-order valence-electron chi connectivity index (χ3n) is 3.90. The van der Waals surface area contributed by atoms with Crippen LogP contribution in [0.5, 0.6) is 0 Å². The van der Waals surface area contributed by atoms with Crippen LogP contribution in [0.3, 0.4) is 0 Å². The van der Waals surface area contributed by atoms with Crippen molar-refractivity contribution in [3.63, 3.8) is 0 Å². The maximum Gasteiger partial charge on any atom is 0.295 e. The van der Waals surface area contributed by atoms with Gasteiger partial charge >= 0.3 is 0 Å². The van der Waals surface area contributed by atoms with Gasteiger partial charge in [0.2, 0.25) is 0 Å². The number of halogens is 1. The molecule has 1 aliphatic heterocycles. The van der Waals surface area contributed by atoms with Gasteiger partial charge < -0.3 is 5.32 Å². The van der Waals surface area contributed by atoms with Gasteiger partial charge in [-0.05, 0) is 26.0 Å². The van der Waals surface area contributed by atoms with E-state index in [4.69, 9.17) is 0 Å². The monoisotopic (exact) mass is 329 g/mol. The van der Waals surface area contributed by atoms with Crippen molar-refractivity contribution < 1.29 is 13.5 Å². The lowest BCUT2D eigenvalue weighted by Crippen LogP contribution is -2.53. The van der Waals surface area contributed by atoms with Crippen LogP contribution in [0, 0.1) is 15.9 Å². The van der Waals surface area contributed by atoms with E-state index in [1.54, 1.807) is 0 Å². The van der Waals surface area contributed by atoms with Crippen molar-refractivity contribution >= 4 is 22.2 Å². The summed E-state index contributed by atoms with van der Waals surface area (Å²) in [6.45, 7) is 6.03. The van der Waals surface area contributed by atoms with E-state index >= 15 is 0 Å². The van der Waals surface area contributed by atoms with Crippen LogP contribution in [-0.4, -0.2) is 50.7 Å². The average Bonchev–Trinajstić information content (AvgIpc) is 2.46. The van der Waals surface area contributed by atoms with Crippen molar-refractivity contribution in [3.8, 4) is 0 Å². The van der Waals surface area contributed by atoms with Crippen molar-refractivity contribution in [2.45, 2.75) is 19.4 Å². The van der Waals surface area contributed by atoms with Crippen LogP contribution in [0.2, 0.25) is 0 Å². The first-order valence-corrected chi connectivity index (χ1v) is 8.56. The molecule has 0 radical (unpaired) electrons. The van der Waals surface area contributed by atoms with Crippen LogP contribution in [0.15, 0.2) is 18.2 Å². The van der Waals surface area contributed by atoms with E-state index in [9.17, 15) is 18.7 Å². The number of anilines is 1. The summed E-state index contributed by atoms with van der Waals surface area (Å²) in [4.78, 5) is 12.6. The highest BCUT2D eigenvalue weighted by molar-refractivity contribution is 7.85. The summed E-state index contributed by atoms with van der Waals surface area (Å²) < 4.78 is 24.6. The summed E-state index contributed by atoms with van der Waals surface area (Å²) in [7, 11) is -0.741. The third-order valence-corrected chi connectivity index (χ3v) is 5.18. The zero-order valence-electron chi connectivity index (χ0n) is 12.7. The fourth-order valence-corrected chi connectivity index (χ4v) is 3.52. The lowest BCUT2D eigenvalue weighted by atomic mass is 10.0. The van der Waals surface area contributed by atoms with E-state index in [0.29, 0.717) is 23.7 Å². The van der Waals surface area contributed by atoms with Crippen molar-refractivity contribution in [3.05, 3.63) is 34.1 Å². The number of hydrogen-bond donors (Lipinski definition) is 1. The smallest absolute Gasteiger partial charge is 0.295 e. The maximum atomic E-state index is 13.1. The largest absolute Gasteiger partial charge is 0.378 e. The number of nitro groups is 1. The zero-order valence-corrected chi connectivity index (χ0v) is 13.5. The molecule has 1 fully saturated rings. The summed E-state index contributed by atoms with van der Waals surface area (Å²) in [5, 5.41) is 14.0. The van der Waals surface area contributed by atoms with Crippen LogP contribution in [-0.2, 0) is 10.8 Å². The van der Waals surface area contributed by atoms with Gasteiger partial charge in [-0.3, -0.25) is 19.2 Å². The molecule has 1 aliphatic rings. The van der Waals surface area contributed by atoms with E-state index in [1.165, 1.54) is 12.1 Å². The molecule has 0 amide bonds. The lowest BCUT2D eigenvalue weighted by molar-refractivity contribution is -0.384. The molecule has 1 aromatic carbocycles. The molecule has 0 aliphatic carbocycles. The summed E-state index contributed by atoms with van der Waals surface area (Å²) in [5.74, 6) is 0.676. The minimum Gasteiger partial charge on any atom is -0.378 e. The third kappa shape index (κ3) is 4.01. The molecule has 8 heteroatoms. The minimum atomic E-state index is -0.741. The molecule has 1 heterocycles. The predicted molar refractivity (Wildman–Crippen MR) is 85.1 cm³/mol. The van der Waals surface area contributed by atoms with Gasteiger partial charge in [0.25, 0.3) is 5.69 Å². The second kappa shape index (κ2) is 6.70. The first-order valence-electron chi connectivity index (χ1n) is 7.07. The van der Waals surface area contributed by atoms with E-state index < -0.39 is 21.5 Å². The molecule has 1 saturated heterocycles. The van der Waals surface area contributed by atoms with Gasteiger partial charge in [-0.25, -0.2) is 4.39 Å². The van der Waals surface area contributed by atoms with Crippen molar-refractivity contribution in [2.24, 2.45) is 0 Å². The topological polar surface area (TPSA) is 75.5 Å². The van der Waals surface area contributed by atoms with E-state index in [0.717, 1.165) is 19.2 Å². The van der Waals surface area contributed by atoms with Crippen LogP contribution in [0.25, 0.3) is 0 Å². The van der Waals surface area contributed by atoms with Gasteiger partial charge in [0, 0.05) is 47.5 Å². The molecule has 0 spiro atoms. The Bertz CT molecular complexity index is 585. The molecule has 0 aromatic heterocycles. The number of nitro benzene ring substituents is 1. The van der Waals surface area contributed by atoms with E-state index in [-0.39, 0.29) is 11.2 Å². The van der Waals surface area contributed by atoms with Crippen molar-refractivity contribution in [2.75, 3.05) is 36.5 Å². The van der Waals surface area contributed by atoms with Crippen LogP contribution >= 0.6 is 0 Å². The molecule has 0 bridgehead atoms. The number of nitrogens with zero attached hydrogens (tertiary/aromatic N) is 2. The van der Waals surface area contributed by atoms with E-state index in [2.05, 4.69) is 10.2 Å². The van der Waals surface area contributed by atoms with Gasteiger partial charge in [-0.2, -0.15) is 0 Å². The first kappa shape index (κ1) is 16.8. The van der Waals surface area contributed by atoms with Gasteiger partial charge in [-0.1, -0.05) is 0 Å². The Kier molecular flexibility index (Phi) is 5.12. The first-order chi connectivity index (χ1) is 10.3. The lowest BCUT2D eigenvalue weighted by Gasteiger charge is -2.40. The maximum absolute atomic E-state index is 13.1. The molecule has 0 saturated carbocycles. The summed E-state index contributed by atoms with van der Waals surface area (Å²) >= 11 is 0. The number of rotatable bonds is 5. The normalized spacial score (nSPS) is 17.4. The molecule has 0 unspecified atom stereocenters. The molecule has 6 nitrogen and oxygen atoms in total. The Morgan fingerprint density at radius 3 is 2.64 bits per heavy atom. The Balaban J connectivity index is 2.05. The molecular weight excluding hydrogens is 309 g/mol. The highest BCUT2D eigenvalue weighted by atomic mass is 32.2. The molecule has 1 N–H and O–H groups in total. The fraction of sp³-hybridized carbons (Fsp3) is 0.571. The number of benzene rings is 1. The Morgan fingerprint density at radius 1 is 1.41 bits per heavy atom. The van der Waals surface area contributed by atoms with E-state index in [1.807, 2.05) is 13.8 Å². The minimum absolute atomic E-state index is 0.243. The quantitative estimate of drug-likeness (QED) is 0.660. The Labute approximate surface area is 131 Å². The highest BCUT2D eigenvalue weighted by Crippen LogP contribution is 2.26. The van der Waals surface area contributed by atoms with Gasteiger partial charge in [-0.15, -0.1) is 0 Å². The summed E-state index contributed by atoms with van der Waals surface area (Å²) in [6, 6.07) is 3.50. The fourth-order valence-electron chi connectivity index (χ4n) is 2.47. The van der Waals surface area contributed by atoms with Crippen molar-refractivity contribution in [1.29, 1.82) is 0 Å². The molecule has 22 heavy (non-hydrogen) atoms. The van der Waals surface area contributed by atoms with Crippen LogP contribution in [0.1, 0.15) is 13.8 Å². The summed E-state index contributed by atoms with van der Waals surface area (Å²) in [5.41, 5.74) is -0.206. The standard InChI is InChI=1S/C14H20FN3O3S/c1-14(2,17-5-7-22(21)8-6-17)10-16-12-4-3-11(15)9-13(12)18(19)20/h3-4,9,16H,5-8,10H2,1-2H3. The molecular formula is C14H20FN3O3S. The van der Waals surface area contributed by atoms with Crippen LogP contribution in [0.4, 0.5) is 15.8 Å². The van der Waals surface area contributed by atoms with Gasteiger partial charge in [0.15, 0.2) is 0 Å². The highest BCUT2D eigenvalue weighted by Gasteiger charge is 2.30. The summed E-state index contributed by atoms with van der Waals surface area (Å²) in [6.07, 6.45) is 0. The molecule has 122 valence electrons. The average molecular weight is 329 g/mol. The van der Waals surface area contributed by atoms with Crippen LogP contribution < -0.4 is 5.32 Å². The predicted octanol–water partition coefficient (Wildman–Crippen LogP) is 1.99.